The summed E-state index contributed by atoms with van der Waals surface area (Å²) in [6, 6.07) is 10.4. The highest BCUT2D eigenvalue weighted by atomic mass is 35.5. The summed E-state index contributed by atoms with van der Waals surface area (Å²) in [7, 11) is -2.21. The van der Waals surface area contributed by atoms with Crippen LogP contribution in [0, 0.1) is 0 Å². The average Bonchev–Trinajstić information content (AvgIpc) is 2.61. The number of hydrogen-bond acceptors (Lipinski definition) is 4. The molecule has 1 fully saturated rings. The summed E-state index contributed by atoms with van der Waals surface area (Å²) in [6.45, 7) is 1.48. The van der Waals surface area contributed by atoms with E-state index in [2.05, 4.69) is 9.62 Å². The summed E-state index contributed by atoms with van der Waals surface area (Å²) in [5, 5.41) is 0.308. The number of hydrogen-bond donors (Lipinski definition) is 1. The monoisotopic (exact) mass is 448 g/mol. The first-order chi connectivity index (χ1) is 12.8. The van der Waals surface area contributed by atoms with Crippen LogP contribution in [0.3, 0.4) is 0 Å². The quantitative estimate of drug-likeness (QED) is 0.724. The lowest BCUT2D eigenvalue weighted by atomic mass is 10.1. The van der Waals surface area contributed by atoms with Gasteiger partial charge in [-0.2, -0.15) is 0 Å². The maximum atomic E-state index is 12.7. The van der Waals surface area contributed by atoms with Crippen LogP contribution >= 0.6 is 34.8 Å². The van der Waals surface area contributed by atoms with Crippen molar-refractivity contribution < 1.29 is 13.2 Å². The first kappa shape index (κ1) is 20.6. The molecule has 0 spiro atoms. The van der Waals surface area contributed by atoms with Crippen LogP contribution in [0.2, 0.25) is 15.1 Å². The van der Waals surface area contributed by atoms with Crippen LogP contribution in [-0.4, -0.2) is 34.7 Å². The number of benzene rings is 2. The summed E-state index contributed by atoms with van der Waals surface area (Å²) in [4.78, 5) is 2.08. The molecule has 0 unspecified atom stereocenters. The Morgan fingerprint density at radius 1 is 1.04 bits per heavy atom. The first-order valence-electron chi connectivity index (χ1n) is 8.36. The van der Waals surface area contributed by atoms with Gasteiger partial charge in [0.25, 0.3) is 0 Å². The maximum absolute atomic E-state index is 12.7. The molecule has 3 rings (SSSR count). The number of halogens is 3. The lowest BCUT2D eigenvalue weighted by Crippen LogP contribution is -2.44. The average molecular weight is 450 g/mol. The van der Waals surface area contributed by atoms with Crippen LogP contribution in [0.1, 0.15) is 12.8 Å². The van der Waals surface area contributed by atoms with Gasteiger partial charge in [-0.15, -0.1) is 0 Å². The molecule has 0 bridgehead atoms. The van der Waals surface area contributed by atoms with Gasteiger partial charge < -0.3 is 9.64 Å². The topological polar surface area (TPSA) is 58.6 Å². The van der Waals surface area contributed by atoms with Gasteiger partial charge >= 0.3 is 0 Å². The lowest BCUT2D eigenvalue weighted by Gasteiger charge is -2.34. The highest BCUT2D eigenvalue weighted by Crippen LogP contribution is 2.33. The number of ether oxygens (including phenoxy) is 1. The summed E-state index contributed by atoms with van der Waals surface area (Å²) in [5.41, 5.74) is 1.08. The molecule has 0 aromatic heterocycles. The molecule has 0 radical (unpaired) electrons. The summed E-state index contributed by atoms with van der Waals surface area (Å²) in [5.74, 6) is 0.804. The second kappa shape index (κ2) is 8.45. The third-order valence-corrected chi connectivity index (χ3v) is 7.15. The molecule has 1 aliphatic rings. The number of nitrogens with zero attached hydrogens (tertiary/aromatic N) is 1. The number of piperidine rings is 1. The van der Waals surface area contributed by atoms with E-state index in [1.165, 1.54) is 12.1 Å². The predicted molar refractivity (Wildman–Crippen MR) is 110 cm³/mol. The van der Waals surface area contributed by atoms with Crippen LogP contribution in [0.5, 0.6) is 5.75 Å². The van der Waals surface area contributed by atoms with Crippen molar-refractivity contribution in [2.24, 2.45) is 0 Å². The highest BCUT2D eigenvalue weighted by Gasteiger charge is 2.28. The first-order valence-corrected chi connectivity index (χ1v) is 11.0. The zero-order valence-corrected chi connectivity index (χ0v) is 17.7. The summed E-state index contributed by atoms with van der Waals surface area (Å²) in [6.07, 6.45) is 1.35. The molecule has 2 aromatic rings. The van der Waals surface area contributed by atoms with Crippen molar-refractivity contribution in [2.75, 3.05) is 25.1 Å². The largest absolute Gasteiger partial charge is 0.497 e. The standard InChI is InChI=1S/C18H19Cl3N2O3S/c1-26-15-4-2-14(3-5-15)23-8-6-13(7-9-23)22-27(24,25)18-16(20)10-12(19)11-17(18)21/h2-5,10-11,13,22H,6-9H2,1H3. The van der Waals surface area contributed by atoms with Gasteiger partial charge in [-0.25, -0.2) is 13.1 Å². The van der Waals surface area contributed by atoms with Crippen molar-refractivity contribution >= 4 is 50.5 Å². The minimum Gasteiger partial charge on any atom is -0.497 e. The molecule has 146 valence electrons. The Bertz CT molecular complexity index is 889. The number of rotatable bonds is 5. The fourth-order valence-electron chi connectivity index (χ4n) is 3.11. The molecule has 0 atom stereocenters. The predicted octanol–water partition coefficient (Wildman–Crippen LogP) is 4.60. The normalized spacial score (nSPS) is 15.8. The van der Waals surface area contributed by atoms with Crippen molar-refractivity contribution in [1.29, 1.82) is 0 Å². The van der Waals surface area contributed by atoms with E-state index in [-0.39, 0.29) is 26.0 Å². The van der Waals surface area contributed by atoms with Gasteiger partial charge in [-0.3, -0.25) is 0 Å². The van der Waals surface area contributed by atoms with Gasteiger partial charge in [-0.1, -0.05) is 34.8 Å². The van der Waals surface area contributed by atoms with E-state index in [9.17, 15) is 8.42 Å². The van der Waals surface area contributed by atoms with Crippen molar-refractivity contribution in [1.82, 2.24) is 4.72 Å². The van der Waals surface area contributed by atoms with E-state index >= 15 is 0 Å². The summed E-state index contributed by atoms with van der Waals surface area (Å²) >= 11 is 18.0. The molecule has 0 amide bonds. The van der Waals surface area contributed by atoms with Crippen LogP contribution in [0.15, 0.2) is 41.3 Å². The molecular formula is C18H19Cl3N2O3S. The molecule has 1 N–H and O–H groups in total. The third-order valence-electron chi connectivity index (χ3n) is 4.49. The Balaban J connectivity index is 1.66. The van der Waals surface area contributed by atoms with Crippen LogP contribution in [0.4, 0.5) is 5.69 Å². The molecule has 1 saturated heterocycles. The van der Waals surface area contributed by atoms with Crippen molar-refractivity contribution in [3.63, 3.8) is 0 Å². The highest BCUT2D eigenvalue weighted by molar-refractivity contribution is 7.89. The lowest BCUT2D eigenvalue weighted by molar-refractivity contribution is 0.414. The van der Waals surface area contributed by atoms with Gasteiger partial charge in [0.05, 0.1) is 17.2 Å². The van der Waals surface area contributed by atoms with E-state index in [1.54, 1.807) is 7.11 Å². The molecule has 27 heavy (non-hydrogen) atoms. The number of nitrogens with one attached hydrogen (secondary N) is 1. The zero-order chi connectivity index (χ0) is 19.6. The molecule has 2 aromatic carbocycles. The van der Waals surface area contributed by atoms with E-state index in [4.69, 9.17) is 39.5 Å². The summed E-state index contributed by atoms with van der Waals surface area (Å²) < 4.78 is 33.3. The van der Waals surface area contributed by atoms with Crippen molar-refractivity contribution in [3.05, 3.63) is 51.5 Å². The molecule has 9 heteroatoms. The molecule has 1 heterocycles. The number of anilines is 1. The Morgan fingerprint density at radius 3 is 2.11 bits per heavy atom. The van der Waals surface area contributed by atoms with Gasteiger partial charge in [0, 0.05) is 29.8 Å². The molecule has 0 aliphatic carbocycles. The van der Waals surface area contributed by atoms with E-state index < -0.39 is 10.0 Å². The maximum Gasteiger partial charge on any atom is 0.243 e. The molecule has 1 aliphatic heterocycles. The van der Waals surface area contributed by atoms with Crippen LogP contribution < -0.4 is 14.4 Å². The molecule has 5 nitrogen and oxygen atoms in total. The Labute approximate surface area is 174 Å². The Hall–Kier alpha value is -1.18. The van der Waals surface area contributed by atoms with Crippen LogP contribution in [0.25, 0.3) is 0 Å². The van der Waals surface area contributed by atoms with Gasteiger partial charge in [0.15, 0.2) is 0 Å². The van der Waals surface area contributed by atoms with E-state index in [0.29, 0.717) is 12.8 Å². The second-order valence-electron chi connectivity index (χ2n) is 6.28. The SMILES string of the molecule is COc1ccc(N2CCC(NS(=O)(=O)c3c(Cl)cc(Cl)cc3Cl)CC2)cc1. The van der Waals surface area contributed by atoms with Gasteiger partial charge in [0.1, 0.15) is 10.6 Å². The van der Waals surface area contributed by atoms with E-state index in [1.807, 2.05) is 24.3 Å². The molecular weight excluding hydrogens is 431 g/mol. The second-order valence-corrected chi connectivity index (χ2v) is 9.18. The fourth-order valence-corrected chi connectivity index (χ4v) is 5.96. The van der Waals surface area contributed by atoms with Crippen molar-refractivity contribution in [3.8, 4) is 5.75 Å². The zero-order valence-electron chi connectivity index (χ0n) is 14.6. The fraction of sp³-hybridized carbons (Fsp3) is 0.333. The van der Waals surface area contributed by atoms with Crippen LogP contribution in [-0.2, 0) is 10.0 Å². The van der Waals surface area contributed by atoms with Gasteiger partial charge in [0.2, 0.25) is 10.0 Å². The molecule has 0 saturated carbocycles. The minimum absolute atomic E-state index is 0.00988. The van der Waals surface area contributed by atoms with Gasteiger partial charge in [-0.05, 0) is 49.2 Å². The Kier molecular flexibility index (Phi) is 6.43. The number of sulfonamides is 1. The number of methoxy groups -OCH3 is 1. The minimum atomic E-state index is -3.84. The Morgan fingerprint density at radius 2 is 1.59 bits per heavy atom. The van der Waals surface area contributed by atoms with Crippen molar-refractivity contribution in [2.45, 2.75) is 23.8 Å². The van der Waals surface area contributed by atoms with E-state index in [0.717, 1.165) is 24.5 Å². The smallest absolute Gasteiger partial charge is 0.243 e. The third kappa shape index (κ3) is 4.81.